The van der Waals surface area contributed by atoms with Crippen LogP contribution in [0.15, 0.2) is 42.6 Å². The first-order valence-corrected chi connectivity index (χ1v) is 8.35. The van der Waals surface area contributed by atoms with E-state index in [1.54, 1.807) is 12.3 Å². The summed E-state index contributed by atoms with van der Waals surface area (Å²) in [6.45, 7) is 7.06. The molecule has 1 fully saturated rings. The van der Waals surface area contributed by atoms with Gasteiger partial charge in [-0.3, -0.25) is 4.79 Å². The molecule has 0 aliphatic carbocycles. The zero-order valence-corrected chi connectivity index (χ0v) is 14.2. The van der Waals surface area contributed by atoms with Crippen molar-refractivity contribution in [2.75, 3.05) is 36.5 Å². The number of aromatic nitrogens is 1. The minimum Gasteiger partial charge on any atom is -0.378 e. The van der Waals surface area contributed by atoms with Gasteiger partial charge in [-0.05, 0) is 29.7 Å². The third kappa shape index (κ3) is 3.57. The molecule has 1 N–H and O–H groups in total. The van der Waals surface area contributed by atoms with E-state index >= 15 is 0 Å². The van der Waals surface area contributed by atoms with Gasteiger partial charge in [-0.25, -0.2) is 4.98 Å². The van der Waals surface area contributed by atoms with Crippen LogP contribution in [0.4, 0.5) is 11.5 Å². The quantitative estimate of drug-likeness (QED) is 0.937. The van der Waals surface area contributed by atoms with E-state index in [1.807, 2.05) is 30.3 Å². The van der Waals surface area contributed by atoms with Crippen molar-refractivity contribution in [2.45, 2.75) is 19.8 Å². The van der Waals surface area contributed by atoms with Crippen molar-refractivity contribution in [1.82, 2.24) is 4.98 Å². The van der Waals surface area contributed by atoms with Gasteiger partial charge >= 0.3 is 0 Å². The summed E-state index contributed by atoms with van der Waals surface area (Å²) in [6, 6.07) is 11.5. The van der Waals surface area contributed by atoms with Crippen LogP contribution >= 0.6 is 0 Å². The highest BCUT2D eigenvalue weighted by Crippen LogP contribution is 2.25. The number of anilines is 2. The number of rotatable bonds is 4. The third-order valence-electron chi connectivity index (χ3n) is 4.17. The molecule has 2 heterocycles. The van der Waals surface area contributed by atoms with E-state index in [0.29, 0.717) is 24.7 Å². The number of para-hydroxylation sites is 1. The fraction of sp³-hybridized carbons (Fsp3) is 0.368. The maximum absolute atomic E-state index is 12.8. The first-order chi connectivity index (χ1) is 11.7. The third-order valence-corrected chi connectivity index (χ3v) is 4.17. The Balaban J connectivity index is 1.86. The van der Waals surface area contributed by atoms with E-state index in [4.69, 9.17) is 4.74 Å². The smallest absolute Gasteiger partial charge is 0.259 e. The van der Waals surface area contributed by atoms with E-state index in [2.05, 4.69) is 29.0 Å². The number of pyridine rings is 1. The molecule has 0 atom stereocenters. The topological polar surface area (TPSA) is 54.5 Å². The molecule has 3 rings (SSSR count). The Morgan fingerprint density at radius 3 is 2.67 bits per heavy atom. The number of carbonyl (C=O) groups excluding carboxylic acids is 1. The normalized spacial score (nSPS) is 14.7. The molecule has 0 radical (unpaired) electrons. The number of morpholine rings is 1. The molecule has 0 saturated carbocycles. The van der Waals surface area contributed by atoms with Gasteiger partial charge in [0.05, 0.1) is 18.8 Å². The van der Waals surface area contributed by atoms with Gasteiger partial charge in [0.15, 0.2) is 0 Å². The lowest BCUT2D eigenvalue weighted by Crippen LogP contribution is -2.38. The zero-order valence-electron chi connectivity index (χ0n) is 14.2. The van der Waals surface area contributed by atoms with Crippen LogP contribution < -0.4 is 10.2 Å². The predicted molar refractivity (Wildman–Crippen MR) is 95.8 cm³/mol. The maximum Gasteiger partial charge on any atom is 0.259 e. The van der Waals surface area contributed by atoms with Gasteiger partial charge in [0.1, 0.15) is 5.82 Å². The van der Waals surface area contributed by atoms with E-state index < -0.39 is 0 Å². The molecule has 2 aromatic rings. The van der Waals surface area contributed by atoms with Crippen molar-refractivity contribution in [3.05, 3.63) is 53.7 Å². The van der Waals surface area contributed by atoms with Crippen LogP contribution in [-0.2, 0) is 4.74 Å². The average molecular weight is 325 g/mol. The highest BCUT2D eigenvalue weighted by Gasteiger charge is 2.20. The molecule has 0 unspecified atom stereocenters. The number of benzene rings is 1. The van der Waals surface area contributed by atoms with Gasteiger partial charge in [-0.1, -0.05) is 32.0 Å². The fourth-order valence-corrected chi connectivity index (χ4v) is 2.91. The van der Waals surface area contributed by atoms with E-state index in [-0.39, 0.29) is 5.91 Å². The van der Waals surface area contributed by atoms with Crippen molar-refractivity contribution in [3.8, 4) is 0 Å². The minimum atomic E-state index is -0.127. The molecule has 1 aromatic heterocycles. The molecule has 5 heteroatoms. The lowest BCUT2D eigenvalue weighted by molar-refractivity contribution is 0.102. The predicted octanol–water partition coefficient (Wildman–Crippen LogP) is 3.29. The zero-order chi connectivity index (χ0) is 16.9. The van der Waals surface area contributed by atoms with Crippen molar-refractivity contribution in [2.24, 2.45) is 0 Å². The Kier molecular flexibility index (Phi) is 5.11. The molecule has 1 aliphatic rings. The molecule has 1 aliphatic heterocycles. The number of nitrogens with one attached hydrogen (secondary N) is 1. The summed E-state index contributed by atoms with van der Waals surface area (Å²) in [4.78, 5) is 19.4. The van der Waals surface area contributed by atoms with Gasteiger partial charge in [-0.15, -0.1) is 0 Å². The Morgan fingerprint density at radius 1 is 1.17 bits per heavy atom. The summed E-state index contributed by atoms with van der Waals surface area (Å²) < 4.78 is 5.39. The Bertz CT molecular complexity index is 709. The number of hydrogen-bond acceptors (Lipinski definition) is 4. The molecular weight excluding hydrogens is 302 g/mol. The Morgan fingerprint density at radius 2 is 1.92 bits per heavy atom. The van der Waals surface area contributed by atoms with E-state index in [0.717, 1.165) is 30.2 Å². The van der Waals surface area contributed by atoms with Crippen LogP contribution in [0.3, 0.4) is 0 Å². The molecular formula is C19H23N3O2. The van der Waals surface area contributed by atoms with Gasteiger partial charge in [0, 0.05) is 25.0 Å². The van der Waals surface area contributed by atoms with E-state index in [9.17, 15) is 4.79 Å². The second-order valence-corrected chi connectivity index (χ2v) is 6.17. The average Bonchev–Trinajstić information content (AvgIpc) is 2.62. The second kappa shape index (κ2) is 7.45. The van der Waals surface area contributed by atoms with Crippen molar-refractivity contribution >= 4 is 17.4 Å². The fourth-order valence-electron chi connectivity index (χ4n) is 2.91. The standard InChI is InChI=1S/C19H23N3O2/c1-14(2)15-6-3-4-8-17(15)21-19(23)16-7-5-9-20-18(16)22-10-12-24-13-11-22/h3-9,14H,10-13H2,1-2H3,(H,21,23). The van der Waals surface area contributed by atoms with Gasteiger partial charge < -0.3 is 15.0 Å². The van der Waals surface area contributed by atoms with Crippen LogP contribution in [0, 0.1) is 0 Å². The number of nitrogens with zero attached hydrogens (tertiary/aromatic N) is 2. The van der Waals surface area contributed by atoms with Gasteiger partial charge in [-0.2, -0.15) is 0 Å². The first-order valence-electron chi connectivity index (χ1n) is 8.35. The molecule has 1 amide bonds. The van der Waals surface area contributed by atoms with E-state index in [1.165, 1.54) is 0 Å². The Labute approximate surface area is 142 Å². The van der Waals surface area contributed by atoms with Crippen LogP contribution in [0.25, 0.3) is 0 Å². The van der Waals surface area contributed by atoms with Crippen molar-refractivity contribution < 1.29 is 9.53 Å². The molecule has 1 aromatic carbocycles. The monoisotopic (exact) mass is 325 g/mol. The number of ether oxygens (including phenoxy) is 1. The summed E-state index contributed by atoms with van der Waals surface area (Å²) >= 11 is 0. The van der Waals surface area contributed by atoms with Gasteiger partial charge in [0.2, 0.25) is 0 Å². The van der Waals surface area contributed by atoms with Crippen LogP contribution in [0.1, 0.15) is 35.7 Å². The summed E-state index contributed by atoms with van der Waals surface area (Å²) in [5.41, 5.74) is 2.58. The number of amides is 1. The van der Waals surface area contributed by atoms with Crippen LogP contribution in [0.2, 0.25) is 0 Å². The highest BCUT2D eigenvalue weighted by atomic mass is 16.5. The first kappa shape index (κ1) is 16.5. The van der Waals surface area contributed by atoms with Crippen LogP contribution in [-0.4, -0.2) is 37.2 Å². The molecule has 0 bridgehead atoms. The molecule has 0 spiro atoms. The Hall–Kier alpha value is -2.40. The molecule has 5 nitrogen and oxygen atoms in total. The van der Waals surface area contributed by atoms with Crippen molar-refractivity contribution in [3.63, 3.8) is 0 Å². The second-order valence-electron chi connectivity index (χ2n) is 6.17. The SMILES string of the molecule is CC(C)c1ccccc1NC(=O)c1cccnc1N1CCOCC1. The van der Waals surface area contributed by atoms with Gasteiger partial charge in [0.25, 0.3) is 5.91 Å². The van der Waals surface area contributed by atoms with Crippen molar-refractivity contribution in [1.29, 1.82) is 0 Å². The minimum absolute atomic E-state index is 0.127. The lowest BCUT2D eigenvalue weighted by atomic mass is 10.0. The summed E-state index contributed by atoms with van der Waals surface area (Å²) in [6.07, 6.45) is 1.73. The number of hydrogen-bond donors (Lipinski definition) is 1. The molecule has 126 valence electrons. The van der Waals surface area contributed by atoms with Crippen LogP contribution in [0.5, 0.6) is 0 Å². The summed E-state index contributed by atoms with van der Waals surface area (Å²) in [5.74, 6) is 0.937. The summed E-state index contributed by atoms with van der Waals surface area (Å²) in [5, 5.41) is 3.05. The highest BCUT2D eigenvalue weighted by molar-refractivity contribution is 6.07. The maximum atomic E-state index is 12.8. The molecule has 24 heavy (non-hydrogen) atoms. The number of carbonyl (C=O) groups is 1. The summed E-state index contributed by atoms with van der Waals surface area (Å²) in [7, 11) is 0. The molecule has 1 saturated heterocycles. The largest absolute Gasteiger partial charge is 0.378 e. The lowest BCUT2D eigenvalue weighted by Gasteiger charge is -2.29.